The van der Waals surface area contributed by atoms with Gasteiger partial charge in [0.25, 0.3) is 0 Å². The van der Waals surface area contributed by atoms with E-state index in [-0.39, 0.29) is 17.6 Å². The van der Waals surface area contributed by atoms with Gasteiger partial charge in [0.15, 0.2) is 0 Å². The van der Waals surface area contributed by atoms with Crippen molar-refractivity contribution in [3.63, 3.8) is 0 Å². The summed E-state index contributed by atoms with van der Waals surface area (Å²) in [4.78, 5) is 15.0. The number of allylic oxidation sites excluding steroid dienone is 1. The van der Waals surface area contributed by atoms with Gasteiger partial charge < -0.3 is 21.1 Å². The number of amides is 1. The minimum atomic E-state index is -0.152. The van der Waals surface area contributed by atoms with Gasteiger partial charge in [0.2, 0.25) is 0 Å². The second-order valence-corrected chi connectivity index (χ2v) is 15.2. The van der Waals surface area contributed by atoms with Crippen LogP contribution < -0.4 is 11.5 Å². The number of hydrogen-bond donors (Lipinski definition) is 2. The molecule has 0 aromatic rings. The highest BCUT2D eigenvalue weighted by molar-refractivity contribution is 5.67. The molecule has 4 N–H and O–H groups in total. The first-order valence-corrected chi connectivity index (χ1v) is 17.2. The molecule has 230 valence electrons. The van der Waals surface area contributed by atoms with Gasteiger partial charge in [-0.2, -0.15) is 0 Å². The molecule has 0 aliphatic heterocycles. The van der Waals surface area contributed by atoms with E-state index >= 15 is 0 Å². The van der Waals surface area contributed by atoms with Crippen LogP contribution in [0, 0.1) is 46.3 Å². The van der Waals surface area contributed by atoms with Crippen LogP contribution in [0.2, 0.25) is 0 Å². The molecular weight excluding hydrogens is 494 g/mol. The molecule has 0 saturated heterocycles. The predicted octanol–water partition coefficient (Wildman–Crippen LogP) is 7.92. The molecule has 5 heteroatoms. The van der Waals surface area contributed by atoms with E-state index in [0.717, 1.165) is 74.0 Å². The zero-order chi connectivity index (χ0) is 28.9. The van der Waals surface area contributed by atoms with Gasteiger partial charge in [0, 0.05) is 19.5 Å². The Bertz CT molecular complexity index is 858. The lowest BCUT2D eigenvalue weighted by molar-refractivity contribution is -0.0593. The SMILES string of the molecule is CC(C)CCC[C@@H](C)[C@H]1CC[C@H]2[C@@H]3CC=C4C[C@@H](OC(=O)N(CCCN)CCCCN)CC[C@]4(C)C3CC[C@]12C. The van der Waals surface area contributed by atoms with Crippen molar-refractivity contribution in [3.8, 4) is 0 Å². The minimum absolute atomic E-state index is 0.00895. The fourth-order valence-electron chi connectivity index (χ4n) is 9.99. The van der Waals surface area contributed by atoms with Crippen LogP contribution in [-0.4, -0.2) is 43.3 Å². The number of nitrogens with two attached hydrogens (primary N) is 2. The Morgan fingerprint density at radius 3 is 2.42 bits per heavy atom. The van der Waals surface area contributed by atoms with Crippen molar-refractivity contribution < 1.29 is 9.53 Å². The van der Waals surface area contributed by atoms with Crippen LogP contribution in [0.4, 0.5) is 4.79 Å². The topological polar surface area (TPSA) is 81.6 Å². The van der Waals surface area contributed by atoms with Gasteiger partial charge in [0.1, 0.15) is 6.10 Å². The van der Waals surface area contributed by atoms with Crippen molar-refractivity contribution in [2.24, 2.45) is 57.8 Å². The van der Waals surface area contributed by atoms with E-state index in [9.17, 15) is 4.79 Å². The summed E-state index contributed by atoms with van der Waals surface area (Å²) in [6.07, 6.45) is 19.3. The van der Waals surface area contributed by atoms with Crippen molar-refractivity contribution >= 4 is 6.09 Å². The van der Waals surface area contributed by atoms with E-state index < -0.39 is 0 Å². The lowest BCUT2D eigenvalue weighted by Gasteiger charge is -2.58. The second kappa shape index (κ2) is 13.9. The number of rotatable bonds is 13. The summed E-state index contributed by atoms with van der Waals surface area (Å²) in [5.74, 6) is 5.13. The standard InChI is InChI=1S/C35H63N3O2/c1-25(2)10-8-11-26(3)30-14-15-31-29-13-12-27-24-28(16-18-34(27,4)32(29)17-19-35(30,31)5)40-33(39)38(23-9-21-37)22-7-6-20-36/h12,25-26,28-32H,6-11,13-24,36-37H2,1-5H3/t26-,28+,29+,30-,31+,32?,34+,35-/m1/s1. The summed E-state index contributed by atoms with van der Waals surface area (Å²) in [6.45, 7) is 15.2. The van der Waals surface area contributed by atoms with Crippen LogP contribution in [-0.2, 0) is 4.74 Å². The van der Waals surface area contributed by atoms with Crippen LogP contribution in [0.5, 0.6) is 0 Å². The van der Waals surface area contributed by atoms with Crippen LogP contribution in [0.25, 0.3) is 0 Å². The van der Waals surface area contributed by atoms with Crippen molar-refractivity contribution in [2.75, 3.05) is 26.2 Å². The first-order valence-electron chi connectivity index (χ1n) is 17.2. The highest BCUT2D eigenvalue weighted by Gasteiger charge is 2.59. The zero-order valence-corrected chi connectivity index (χ0v) is 26.8. The number of hydrogen-bond acceptors (Lipinski definition) is 4. The molecule has 4 rings (SSSR count). The largest absolute Gasteiger partial charge is 0.446 e. The van der Waals surface area contributed by atoms with Gasteiger partial charge in [0.05, 0.1) is 0 Å². The number of fused-ring (bicyclic) bond motifs is 5. The maximum absolute atomic E-state index is 13.1. The van der Waals surface area contributed by atoms with E-state index in [1.54, 1.807) is 5.57 Å². The lowest BCUT2D eigenvalue weighted by atomic mass is 9.47. The first-order chi connectivity index (χ1) is 19.1. The van der Waals surface area contributed by atoms with Crippen molar-refractivity contribution in [3.05, 3.63) is 11.6 Å². The Balaban J connectivity index is 1.38. The van der Waals surface area contributed by atoms with Gasteiger partial charge in [-0.05, 0) is 124 Å². The average Bonchev–Trinajstić information content (AvgIpc) is 3.28. The van der Waals surface area contributed by atoms with Gasteiger partial charge in [-0.25, -0.2) is 4.79 Å². The van der Waals surface area contributed by atoms with Gasteiger partial charge >= 0.3 is 6.09 Å². The van der Waals surface area contributed by atoms with Gasteiger partial charge in [-0.1, -0.05) is 65.5 Å². The quantitative estimate of drug-likeness (QED) is 0.178. The van der Waals surface area contributed by atoms with Crippen LogP contribution in [0.15, 0.2) is 11.6 Å². The molecule has 0 heterocycles. The number of ether oxygens (including phenoxy) is 1. The Kier molecular flexibility index (Phi) is 11.1. The molecule has 0 aromatic heterocycles. The molecule has 0 radical (unpaired) electrons. The van der Waals surface area contributed by atoms with E-state index in [1.165, 1.54) is 51.4 Å². The summed E-state index contributed by atoms with van der Waals surface area (Å²) in [6, 6.07) is 0. The molecule has 4 aliphatic carbocycles. The molecule has 40 heavy (non-hydrogen) atoms. The third kappa shape index (κ3) is 6.77. The van der Waals surface area contributed by atoms with E-state index in [4.69, 9.17) is 16.2 Å². The smallest absolute Gasteiger partial charge is 0.410 e. The van der Waals surface area contributed by atoms with Crippen molar-refractivity contribution in [1.29, 1.82) is 0 Å². The van der Waals surface area contributed by atoms with Crippen LogP contribution >= 0.6 is 0 Å². The Morgan fingerprint density at radius 2 is 1.70 bits per heavy atom. The maximum atomic E-state index is 13.1. The monoisotopic (exact) mass is 557 g/mol. The third-order valence-electron chi connectivity index (χ3n) is 12.3. The maximum Gasteiger partial charge on any atom is 0.410 e. The Morgan fingerprint density at radius 1 is 0.950 bits per heavy atom. The van der Waals surface area contributed by atoms with Gasteiger partial charge in [-0.3, -0.25) is 0 Å². The first kappa shape index (κ1) is 31.9. The molecule has 0 spiro atoms. The number of nitrogens with zero attached hydrogens (tertiary/aromatic N) is 1. The second-order valence-electron chi connectivity index (χ2n) is 15.2. The molecule has 1 unspecified atom stereocenters. The summed E-state index contributed by atoms with van der Waals surface area (Å²) in [5, 5.41) is 0. The molecule has 3 fully saturated rings. The van der Waals surface area contributed by atoms with E-state index in [0.29, 0.717) is 31.6 Å². The molecule has 8 atom stereocenters. The average molecular weight is 558 g/mol. The number of unbranched alkanes of at least 4 members (excludes halogenated alkanes) is 1. The zero-order valence-electron chi connectivity index (χ0n) is 26.8. The molecule has 3 saturated carbocycles. The summed E-state index contributed by atoms with van der Waals surface area (Å²) < 4.78 is 6.16. The Labute approximate surface area is 246 Å². The van der Waals surface area contributed by atoms with Gasteiger partial charge in [-0.15, -0.1) is 0 Å². The summed E-state index contributed by atoms with van der Waals surface area (Å²) in [5.41, 5.74) is 13.8. The normalized spacial score (nSPS) is 35.9. The fourth-order valence-corrected chi connectivity index (χ4v) is 9.99. The number of carbonyl (C=O) groups is 1. The van der Waals surface area contributed by atoms with Crippen LogP contribution in [0.3, 0.4) is 0 Å². The van der Waals surface area contributed by atoms with E-state index in [1.807, 2.05) is 4.90 Å². The molecule has 5 nitrogen and oxygen atoms in total. The summed E-state index contributed by atoms with van der Waals surface area (Å²) >= 11 is 0. The fraction of sp³-hybridized carbons (Fsp3) is 0.914. The highest BCUT2D eigenvalue weighted by Crippen LogP contribution is 2.67. The Hall–Kier alpha value is -1.07. The minimum Gasteiger partial charge on any atom is -0.446 e. The van der Waals surface area contributed by atoms with Crippen molar-refractivity contribution in [2.45, 2.75) is 131 Å². The van der Waals surface area contributed by atoms with Crippen molar-refractivity contribution in [1.82, 2.24) is 4.90 Å². The van der Waals surface area contributed by atoms with E-state index in [2.05, 4.69) is 40.7 Å². The molecule has 0 bridgehead atoms. The predicted molar refractivity (Wildman–Crippen MR) is 167 cm³/mol. The summed E-state index contributed by atoms with van der Waals surface area (Å²) in [7, 11) is 0. The molecule has 1 amide bonds. The highest BCUT2D eigenvalue weighted by atomic mass is 16.6. The number of carbonyl (C=O) groups excluding carboxylic acids is 1. The lowest BCUT2D eigenvalue weighted by Crippen LogP contribution is -2.51. The van der Waals surface area contributed by atoms with Crippen LogP contribution in [0.1, 0.15) is 125 Å². The molecule has 4 aliphatic rings. The molecular formula is C35H63N3O2. The third-order valence-corrected chi connectivity index (χ3v) is 12.3. The molecule has 0 aromatic carbocycles.